The summed E-state index contributed by atoms with van der Waals surface area (Å²) >= 11 is 0. The summed E-state index contributed by atoms with van der Waals surface area (Å²) in [7, 11) is 4.09. The van der Waals surface area contributed by atoms with Crippen molar-refractivity contribution in [2.45, 2.75) is 32.7 Å². The van der Waals surface area contributed by atoms with Gasteiger partial charge in [0.05, 0.1) is 6.61 Å². The zero-order valence-electron chi connectivity index (χ0n) is 11.9. The van der Waals surface area contributed by atoms with Crippen molar-refractivity contribution >= 4 is 0 Å². The Hall–Kier alpha value is -1.06. The maximum atomic E-state index is 9.16. The Morgan fingerprint density at radius 3 is 2.56 bits per heavy atom. The van der Waals surface area contributed by atoms with Gasteiger partial charge in [-0.2, -0.15) is 0 Å². The van der Waals surface area contributed by atoms with Crippen LogP contribution in [0.3, 0.4) is 0 Å². The van der Waals surface area contributed by atoms with Gasteiger partial charge in [-0.25, -0.2) is 0 Å². The van der Waals surface area contributed by atoms with E-state index in [1.165, 1.54) is 11.1 Å². The van der Waals surface area contributed by atoms with Crippen LogP contribution in [0.15, 0.2) is 18.2 Å². The van der Waals surface area contributed by atoms with Crippen LogP contribution in [0.2, 0.25) is 0 Å². The molecular weight excluding hydrogens is 226 g/mol. The summed E-state index contributed by atoms with van der Waals surface area (Å²) in [5.41, 5.74) is 2.48. The van der Waals surface area contributed by atoms with Crippen LogP contribution in [0.4, 0.5) is 0 Å². The second-order valence-electron chi connectivity index (χ2n) is 4.86. The summed E-state index contributed by atoms with van der Waals surface area (Å²) < 4.78 is 5.63. The van der Waals surface area contributed by atoms with Crippen molar-refractivity contribution in [2.24, 2.45) is 0 Å². The van der Waals surface area contributed by atoms with Gasteiger partial charge >= 0.3 is 0 Å². The number of aliphatic hydroxyl groups excluding tert-OH is 1. The maximum absolute atomic E-state index is 9.16. The van der Waals surface area contributed by atoms with Crippen LogP contribution in [0, 0.1) is 6.92 Å². The van der Waals surface area contributed by atoms with Gasteiger partial charge in [-0.05, 0) is 57.1 Å². The summed E-state index contributed by atoms with van der Waals surface area (Å²) in [6.07, 6.45) is 1.77. The van der Waals surface area contributed by atoms with Gasteiger partial charge in [-0.1, -0.05) is 13.0 Å². The Balaban J connectivity index is 2.88. The third-order valence-corrected chi connectivity index (χ3v) is 3.10. The molecule has 0 aliphatic carbocycles. The monoisotopic (exact) mass is 251 g/mol. The van der Waals surface area contributed by atoms with Crippen LogP contribution in [-0.4, -0.2) is 37.3 Å². The van der Waals surface area contributed by atoms with E-state index in [1.54, 1.807) is 0 Å². The number of hydrogen-bond acceptors (Lipinski definition) is 3. The molecule has 3 nitrogen and oxygen atoms in total. The molecule has 0 aromatic heterocycles. The van der Waals surface area contributed by atoms with E-state index in [2.05, 4.69) is 30.9 Å². The SMILES string of the molecule is CCCOc1ccc(C(CCO)N(C)C)c(C)c1. The molecule has 0 bridgehead atoms. The number of hydrogen-bond donors (Lipinski definition) is 1. The molecular formula is C15H25NO2. The highest BCUT2D eigenvalue weighted by Crippen LogP contribution is 2.27. The van der Waals surface area contributed by atoms with Crippen molar-refractivity contribution in [2.75, 3.05) is 27.3 Å². The van der Waals surface area contributed by atoms with Crippen molar-refractivity contribution in [3.8, 4) is 5.75 Å². The first-order valence-electron chi connectivity index (χ1n) is 6.60. The highest BCUT2D eigenvalue weighted by molar-refractivity contribution is 5.36. The number of rotatable bonds is 7. The van der Waals surface area contributed by atoms with E-state index in [0.717, 1.165) is 25.2 Å². The van der Waals surface area contributed by atoms with Gasteiger partial charge in [-0.3, -0.25) is 0 Å². The van der Waals surface area contributed by atoms with Crippen LogP contribution in [-0.2, 0) is 0 Å². The van der Waals surface area contributed by atoms with E-state index in [9.17, 15) is 0 Å². The Morgan fingerprint density at radius 2 is 2.06 bits per heavy atom. The molecule has 0 radical (unpaired) electrons. The lowest BCUT2D eigenvalue weighted by Gasteiger charge is -2.26. The van der Waals surface area contributed by atoms with Crippen molar-refractivity contribution in [3.63, 3.8) is 0 Å². The molecule has 102 valence electrons. The number of nitrogens with zero attached hydrogens (tertiary/aromatic N) is 1. The fourth-order valence-electron chi connectivity index (χ4n) is 2.15. The molecule has 1 aromatic carbocycles. The molecule has 0 amide bonds. The van der Waals surface area contributed by atoms with Crippen molar-refractivity contribution in [1.29, 1.82) is 0 Å². The van der Waals surface area contributed by atoms with Crippen LogP contribution >= 0.6 is 0 Å². The van der Waals surface area contributed by atoms with Crippen molar-refractivity contribution < 1.29 is 9.84 Å². The van der Waals surface area contributed by atoms with E-state index in [-0.39, 0.29) is 12.6 Å². The molecule has 0 aliphatic heterocycles. The van der Waals surface area contributed by atoms with E-state index < -0.39 is 0 Å². The van der Waals surface area contributed by atoms with Gasteiger partial charge < -0.3 is 14.7 Å². The first-order chi connectivity index (χ1) is 8.60. The summed E-state index contributed by atoms with van der Waals surface area (Å²) in [5, 5.41) is 9.16. The van der Waals surface area contributed by atoms with Gasteiger partial charge in [0.25, 0.3) is 0 Å². The van der Waals surface area contributed by atoms with E-state index >= 15 is 0 Å². The van der Waals surface area contributed by atoms with E-state index in [1.807, 2.05) is 20.2 Å². The molecule has 0 fully saturated rings. The third-order valence-electron chi connectivity index (χ3n) is 3.10. The van der Waals surface area contributed by atoms with Crippen LogP contribution < -0.4 is 4.74 Å². The topological polar surface area (TPSA) is 32.7 Å². The van der Waals surface area contributed by atoms with Gasteiger partial charge in [0.1, 0.15) is 5.75 Å². The third kappa shape index (κ3) is 4.00. The number of aryl methyl sites for hydroxylation is 1. The fourth-order valence-corrected chi connectivity index (χ4v) is 2.15. The summed E-state index contributed by atoms with van der Waals surface area (Å²) in [6.45, 7) is 5.16. The minimum absolute atomic E-state index is 0.205. The van der Waals surface area contributed by atoms with Gasteiger partial charge in [0.15, 0.2) is 0 Å². The first-order valence-corrected chi connectivity index (χ1v) is 6.60. The average Bonchev–Trinajstić information content (AvgIpc) is 2.34. The number of ether oxygens (including phenoxy) is 1. The lowest BCUT2D eigenvalue weighted by molar-refractivity contribution is 0.210. The second-order valence-corrected chi connectivity index (χ2v) is 4.86. The van der Waals surface area contributed by atoms with Crippen LogP contribution in [0.5, 0.6) is 5.75 Å². The summed E-state index contributed by atoms with van der Waals surface area (Å²) in [6, 6.07) is 6.47. The molecule has 0 heterocycles. The largest absolute Gasteiger partial charge is 0.494 e. The smallest absolute Gasteiger partial charge is 0.119 e. The number of aliphatic hydroxyl groups is 1. The fraction of sp³-hybridized carbons (Fsp3) is 0.600. The standard InChI is InChI=1S/C15H25NO2/c1-5-10-18-13-6-7-14(12(2)11-13)15(8-9-17)16(3)4/h6-7,11,15,17H,5,8-10H2,1-4H3. The number of benzene rings is 1. The minimum Gasteiger partial charge on any atom is -0.494 e. The van der Waals surface area contributed by atoms with E-state index in [4.69, 9.17) is 9.84 Å². The Labute approximate surface area is 110 Å². The molecule has 1 N–H and O–H groups in total. The predicted octanol–water partition coefficient (Wildman–Crippen LogP) is 2.77. The zero-order valence-corrected chi connectivity index (χ0v) is 11.9. The summed E-state index contributed by atoms with van der Waals surface area (Å²) in [5.74, 6) is 0.930. The highest BCUT2D eigenvalue weighted by Gasteiger charge is 2.15. The zero-order chi connectivity index (χ0) is 13.5. The molecule has 1 atom stereocenters. The first kappa shape index (κ1) is 15.0. The molecule has 1 unspecified atom stereocenters. The normalized spacial score (nSPS) is 12.8. The molecule has 0 spiro atoms. The van der Waals surface area contributed by atoms with E-state index in [0.29, 0.717) is 0 Å². The van der Waals surface area contributed by atoms with Crippen LogP contribution in [0.1, 0.15) is 36.9 Å². The highest BCUT2D eigenvalue weighted by atomic mass is 16.5. The molecule has 18 heavy (non-hydrogen) atoms. The molecule has 0 saturated heterocycles. The van der Waals surface area contributed by atoms with Crippen molar-refractivity contribution in [3.05, 3.63) is 29.3 Å². The Bertz CT molecular complexity index is 364. The molecule has 1 rings (SSSR count). The lowest BCUT2D eigenvalue weighted by atomic mass is 9.98. The minimum atomic E-state index is 0.205. The quantitative estimate of drug-likeness (QED) is 0.809. The van der Waals surface area contributed by atoms with Gasteiger partial charge in [-0.15, -0.1) is 0 Å². The average molecular weight is 251 g/mol. The summed E-state index contributed by atoms with van der Waals surface area (Å²) in [4.78, 5) is 2.14. The molecule has 1 aromatic rings. The molecule has 3 heteroatoms. The molecule has 0 aliphatic rings. The Morgan fingerprint density at radius 1 is 1.33 bits per heavy atom. The predicted molar refractivity (Wildman–Crippen MR) is 75.1 cm³/mol. The van der Waals surface area contributed by atoms with Gasteiger partial charge in [0, 0.05) is 12.6 Å². The maximum Gasteiger partial charge on any atom is 0.119 e. The van der Waals surface area contributed by atoms with Gasteiger partial charge in [0.2, 0.25) is 0 Å². The van der Waals surface area contributed by atoms with Crippen molar-refractivity contribution in [1.82, 2.24) is 4.90 Å². The molecule has 0 saturated carbocycles. The Kier molecular flexibility index (Phi) is 6.16. The lowest BCUT2D eigenvalue weighted by Crippen LogP contribution is -2.21. The second kappa shape index (κ2) is 7.39. The van der Waals surface area contributed by atoms with Crippen LogP contribution in [0.25, 0.3) is 0 Å².